The molecule has 1 saturated heterocycles. The van der Waals surface area contributed by atoms with E-state index in [1.807, 2.05) is 26.1 Å². The van der Waals surface area contributed by atoms with Gasteiger partial charge >= 0.3 is 0 Å². The molecule has 0 bridgehead atoms. The van der Waals surface area contributed by atoms with Crippen molar-refractivity contribution in [2.75, 3.05) is 67.6 Å². The number of benzene rings is 1. The van der Waals surface area contributed by atoms with Crippen molar-refractivity contribution in [3.8, 4) is 0 Å². The zero-order chi connectivity index (χ0) is 19.9. The van der Waals surface area contributed by atoms with Crippen molar-refractivity contribution >= 4 is 29.4 Å². The number of nitrogen functional groups attached to an aromatic ring is 2. The number of aryl methyl sites for hydroxylation is 1. The minimum atomic E-state index is 0.216. The highest BCUT2D eigenvalue weighted by atomic mass is 16.6. The van der Waals surface area contributed by atoms with Crippen LogP contribution in [0.15, 0.2) is 29.4 Å². The van der Waals surface area contributed by atoms with Crippen molar-refractivity contribution in [2.24, 2.45) is 5.16 Å². The van der Waals surface area contributed by atoms with E-state index in [1.165, 1.54) is 5.69 Å². The predicted octanol–water partition coefficient (Wildman–Crippen LogP) is 0.846. The van der Waals surface area contributed by atoms with E-state index < -0.39 is 0 Å². The van der Waals surface area contributed by atoms with Gasteiger partial charge in [-0.2, -0.15) is 4.98 Å². The second kappa shape index (κ2) is 9.23. The quantitative estimate of drug-likeness (QED) is 0.365. The number of piperazine rings is 1. The Balaban J connectivity index is 1.56. The van der Waals surface area contributed by atoms with Crippen LogP contribution in [0.25, 0.3) is 0 Å². The highest BCUT2D eigenvalue weighted by Crippen LogP contribution is 2.27. The number of nitrogens with one attached hydrogen (secondary N) is 1. The number of rotatable bonds is 7. The summed E-state index contributed by atoms with van der Waals surface area (Å²) in [5, 5.41) is 6.97. The summed E-state index contributed by atoms with van der Waals surface area (Å²) in [6.07, 6.45) is 1.73. The third-order valence-corrected chi connectivity index (χ3v) is 4.68. The summed E-state index contributed by atoms with van der Waals surface area (Å²) in [4.78, 5) is 18.1. The molecule has 1 fully saturated rings. The number of likely N-dealkylation sites (N-methyl/N-ethyl adjacent to an activating group) is 1. The van der Waals surface area contributed by atoms with E-state index in [-0.39, 0.29) is 5.95 Å². The molecule has 9 heteroatoms. The molecule has 1 aromatic carbocycles. The fraction of sp³-hybridized carbons (Fsp3) is 0.421. The van der Waals surface area contributed by atoms with Crippen molar-refractivity contribution < 1.29 is 4.84 Å². The molecule has 150 valence electrons. The van der Waals surface area contributed by atoms with Crippen LogP contribution >= 0.6 is 0 Å². The molecule has 0 spiro atoms. The molecule has 0 atom stereocenters. The lowest BCUT2D eigenvalue weighted by Crippen LogP contribution is -2.47. The second-order valence-corrected chi connectivity index (χ2v) is 6.64. The molecule has 5 N–H and O–H groups in total. The summed E-state index contributed by atoms with van der Waals surface area (Å²) in [5.74, 6) is 0.660. The first kappa shape index (κ1) is 19.7. The minimum Gasteiger partial charge on any atom is -0.394 e. The van der Waals surface area contributed by atoms with Gasteiger partial charge in [0.05, 0.1) is 11.9 Å². The third-order valence-electron chi connectivity index (χ3n) is 4.68. The van der Waals surface area contributed by atoms with E-state index in [4.69, 9.17) is 16.3 Å². The van der Waals surface area contributed by atoms with Crippen LogP contribution in [0.3, 0.4) is 0 Å². The number of anilines is 4. The third kappa shape index (κ3) is 4.80. The first-order valence-electron chi connectivity index (χ1n) is 9.38. The van der Waals surface area contributed by atoms with Gasteiger partial charge in [0.2, 0.25) is 5.95 Å². The number of hydrogen-bond donors (Lipinski definition) is 3. The Hall–Kier alpha value is -3.07. The van der Waals surface area contributed by atoms with E-state index in [2.05, 4.69) is 42.4 Å². The van der Waals surface area contributed by atoms with Gasteiger partial charge in [0.1, 0.15) is 12.3 Å². The Morgan fingerprint density at radius 1 is 1.11 bits per heavy atom. The van der Waals surface area contributed by atoms with Crippen LogP contribution in [0.1, 0.15) is 11.3 Å². The molecule has 9 nitrogen and oxygen atoms in total. The molecular formula is C19H28N8O. The molecule has 1 aromatic heterocycles. The topological polar surface area (TPSA) is 118 Å². The lowest BCUT2D eigenvalue weighted by Gasteiger charge is -2.38. The normalized spacial score (nSPS) is 14.6. The molecule has 2 aromatic rings. The predicted molar refractivity (Wildman–Crippen MR) is 114 cm³/mol. The first-order valence-corrected chi connectivity index (χ1v) is 9.38. The van der Waals surface area contributed by atoms with E-state index in [0.29, 0.717) is 12.4 Å². The van der Waals surface area contributed by atoms with E-state index in [1.54, 1.807) is 6.21 Å². The van der Waals surface area contributed by atoms with Gasteiger partial charge in [-0.05, 0) is 31.7 Å². The Bertz CT molecular complexity index is 777. The molecule has 1 aliphatic rings. The maximum Gasteiger partial charge on any atom is 0.222 e. The fourth-order valence-corrected chi connectivity index (χ4v) is 3.26. The van der Waals surface area contributed by atoms with Crippen LogP contribution < -0.4 is 26.6 Å². The van der Waals surface area contributed by atoms with E-state index in [0.717, 1.165) is 49.7 Å². The van der Waals surface area contributed by atoms with Crippen LogP contribution in [0, 0.1) is 6.92 Å². The monoisotopic (exact) mass is 384 g/mol. The fourth-order valence-electron chi connectivity index (χ4n) is 3.26. The number of oxime groups is 1. The van der Waals surface area contributed by atoms with Gasteiger partial charge in [-0.1, -0.05) is 17.3 Å². The maximum atomic E-state index is 6.07. The highest BCUT2D eigenvalue weighted by molar-refractivity contribution is 5.80. The van der Waals surface area contributed by atoms with Gasteiger partial charge in [0.15, 0.2) is 5.82 Å². The van der Waals surface area contributed by atoms with Gasteiger partial charge in [0.25, 0.3) is 0 Å². The smallest absolute Gasteiger partial charge is 0.222 e. The van der Waals surface area contributed by atoms with Crippen LogP contribution in [0.2, 0.25) is 0 Å². The molecule has 0 amide bonds. The van der Waals surface area contributed by atoms with Crippen LogP contribution in [-0.4, -0.2) is 62.6 Å². The summed E-state index contributed by atoms with van der Waals surface area (Å²) >= 11 is 0. The highest BCUT2D eigenvalue weighted by Gasteiger charge is 2.22. The molecule has 1 aliphatic heterocycles. The Kier molecular flexibility index (Phi) is 6.49. The minimum absolute atomic E-state index is 0.216. The number of hydrogen-bond acceptors (Lipinski definition) is 9. The standard InChI is InChI=1S/C19H28N8O/c1-14-17(18(20)25-19(21)24-14)27-10-8-26(9-11-27)16-5-3-15(4-6-16)13-23-28-12-7-22-2/h3-6,13,22H,7-12H2,1-2H3,(H4,20,21,24,25). The van der Waals surface area contributed by atoms with Crippen molar-refractivity contribution in [1.29, 1.82) is 0 Å². The van der Waals surface area contributed by atoms with Gasteiger partial charge in [-0.15, -0.1) is 0 Å². The first-order chi connectivity index (χ1) is 13.6. The number of aromatic nitrogens is 2. The Labute approximate surface area is 165 Å². The summed E-state index contributed by atoms with van der Waals surface area (Å²) in [7, 11) is 1.88. The van der Waals surface area contributed by atoms with Crippen molar-refractivity contribution in [2.45, 2.75) is 6.92 Å². The molecule has 3 rings (SSSR count). The van der Waals surface area contributed by atoms with Gasteiger partial charge in [-0.3, -0.25) is 0 Å². The van der Waals surface area contributed by atoms with E-state index >= 15 is 0 Å². The van der Waals surface area contributed by atoms with Crippen molar-refractivity contribution in [3.05, 3.63) is 35.5 Å². The Morgan fingerprint density at radius 3 is 2.43 bits per heavy atom. The lowest BCUT2D eigenvalue weighted by molar-refractivity contribution is 0.149. The van der Waals surface area contributed by atoms with Crippen LogP contribution in [0.5, 0.6) is 0 Å². The zero-order valence-electron chi connectivity index (χ0n) is 16.4. The van der Waals surface area contributed by atoms with Crippen LogP contribution in [-0.2, 0) is 4.84 Å². The van der Waals surface area contributed by atoms with Crippen LogP contribution in [0.4, 0.5) is 23.1 Å². The molecule has 0 unspecified atom stereocenters. The average Bonchev–Trinajstić information content (AvgIpc) is 2.68. The summed E-state index contributed by atoms with van der Waals surface area (Å²) in [6.45, 7) is 6.72. The largest absolute Gasteiger partial charge is 0.394 e. The van der Waals surface area contributed by atoms with Gasteiger partial charge < -0.3 is 31.4 Å². The lowest BCUT2D eigenvalue weighted by atomic mass is 10.2. The number of nitrogens with two attached hydrogens (primary N) is 2. The summed E-state index contributed by atoms with van der Waals surface area (Å²) in [6, 6.07) is 8.30. The van der Waals surface area contributed by atoms with E-state index in [9.17, 15) is 0 Å². The molecule has 0 saturated carbocycles. The van der Waals surface area contributed by atoms with Gasteiger partial charge in [0, 0.05) is 38.4 Å². The Morgan fingerprint density at radius 2 is 1.79 bits per heavy atom. The number of nitrogens with zero attached hydrogens (tertiary/aromatic N) is 5. The zero-order valence-corrected chi connectivity index (χ0v) is 16.4. The van der Waals surface area contributed by atoms with Crippen molar-refractivity contribution in [3.63, 3.8) is 0 Å². The molecular weight excluding hydrogens is 356 g/mol. The maximum absolute atomic E-state index is 6.07. The van der Waals surface area contributed by atoms with Gasteiger partial charge in [-0.25, -0.2) is 4.98 Å². The SMILES string of the molecule is CNCCON=Cc1ccc(N2CCN(c3c(C)nc(N)nc3N)CC2)cc1. The molecule has 0 radical (unpaired) electrons. The van der Waals surface area contributed by atoms with Crippen molar-refractivity contribution in [1.82, 2.24) is 15.3 Å². The molecule has 28 heavy (non-hydrogen) atoms. The summed E-state index contributed by atoms with van der Waals surface area (Å²) < 4.78 is 0. The average molecular weight is 384 g/mol. The summed E-state index contributed by atoms with van der Waals surface area (Å²) in [5.41, 5.74) is 15.6. The molecule has 0 aliphatic carbocycles. The molecule has 2 heterocycles. The second-order valence-electron chi connectivity index (χ2n) is 6.64.